The lowest BCUT2D eigenvalue weighted by molar-refractivity contribution is -0.137. The van der Waals surface area contributed by atoms with E-state index < -0.39 is 17.8 Å². The summed E-state index contributed by atoms with van der Waals surface area (Å²) in [7, 11) is 0. The smallest absolute Gasteiger partial charge is 0.388 e. The Bertz CT molecular complexity index is 467. The molecule has 0 heterocycles. The van der Waals surface area contributed by atoms with Crippen molar-refractivity contribution in [2.24, 2.45) is 11.8 Å². The zero-order chi connectivity index (χ0) is 14.9. The second-order valence-electron chi connectivity index (χ2n) is 5.86. The summed E-state index contributed by atoms with van der Waals surface area (Å²) in [5.74, 6) is 0.819. The molecular weight excluding hydrogens is 265 g/mol. The molecule has 0 amide bonds. The summed E-state index contributed by atoms with van der Waals surface area (Å²) in [5, 5.41) is 10.4. The van der Waals surface area contributed by atoms with E-state index in [9.17, 15) is 18.3 Å². The van der Waals surface area contributed by atoms with Crippen LogP contribution < -0.4 is 0 Å². The van der Waals surface area contributed by atoms with Crippen LogP contribution in [-0.2, 0) is 6.18 Å². The largest absolute Gasteiger partial charge is 0.416 e. The predicted molar refractivity (Wildman–Crippen MR) is 72.3 cm³/mol. The summed E-state index contributed by atoms with van der Waals surface area (Å²) in [6.45, 7) is 3.78. The fourth-order valence-corrected chi connectivity index (χ4v) is 3.21. The van der Waals surface area contributed by atoms with Crippen LogP contribution >= 0.6 is 0 Å². The third kappa shape index (κ3) is 3.17. The van der Waals surface area contributed by atoms with Crippen LogP contribution in [0.1, 0.15) is 55.4 Å². The summed E-state index contributed by atoms with van der Waals surface area (Å²) in [4.78, 5) is 0. The Morgan fingerprint density at radius 3 is 2.50 bits per heavy atom. The molecule has 2 rings (SSSR count). The number of halogens is 3. The molecule has 20 heavy (non-hydrogen) atoms. The average Bonchev–Trinajstić information content (AvgIpc) is 2.85. The molecule has 1 aliphatic rings. The number of benzene rings is 1. The van der Waals surface area contributed by atoms with Gasteiger partial charge >= 0.3 is 6.18 Å². The van der Waals surface area contributed by atoms with Gasteiger partial charge in [-0.1, -0.05) is 25.8 Å². The highest BCUT2D eigenvalue weighted by Crippen LogP contribution is 2.41. The Balaban J connectivity index is 2.17. The lowest BCUT2D eigenvalue weighted by Gasteiger charge is -2.21. The van der Waals surface area contributed by atoms with Crippen molar-refractivity contribution in [2.75, 3.05) is 0 Å². The van der Waals surface area contributed by atoms with E-state index in [1.807, 2.05) is 0 Å². The second kappa shape index (κ2) is 5.76. The van der Waals surface area contributed by atoms with Gasteiger partial charge in [-0.2, -0.15) is 13.2 Å². The molecule has 1 aromatic carbocycles. The number of aliphatic hydroxyl groups excluding tert-OH is 1. The normalized spacial score (nSPS) is 24.9. The number of rotatable bonds is 3. The Morgan fingerprint density at radius 2 is 2.00 bits per heavy atom. The van der Waals surface area contributed by atoms with E-state index in [1.165, 1.54) is 6.07 Å². The lowest BCUT2D eigenvalue weighted by Crippen LogP contribution is -2.13. The first-order valence-electron chi connectivity index (χ1n) is 7.18. The molecule has 1 aromatic rings. The molecule has 3 atom stereocenters. The third-order valence-corrected chi connectivity index (χ3v) is 4.52. The van der Waals surface area contributed by atoms with Crippen LogP contribution in [0.3, 0.4) is 0 Å². The third-order valence-electron chi connectivity index (χ3n) is 4.52. The fourth-order valence-electron chi connectivity index (χ4n) is 3.21. The average molecular weight is 286 g/mol. The molecule has 1 saturated carbocycles. The SMILES string of the molecule is CCC1CCC(C(O)c2ccc(C(F)(F)F)cc2C)C1. The number of hydrogen-bond donors (Lipinski definition) is 1. The molecule has 3 unspecified atom stereocenters. The molecule has 0 spiro atoms. The molecule has 0 saturated heterocycles. The van der Waals surface area contributed by atoms with Crippen LogP contribution in [0.25, 0.3) is 0 Å². The van der Waals surface area contributed by atoms with Crippen molar-refractivity contribution >= 4 is 0 Å². The van der Waals surface area contributed by atoms with Gasteiger partial charge in [-0.25, -0.2) is 0 Å². The summed E-state index contributed by atoms with van der Waals surface area (Å²) in [5.41, 5.74) is 0.510. The van der Waals surface area contributed by atoms with Crippen molar-refractivity contribution in [1.29, 1.82) is 0 Å². The number of aryl methyl sites for hydroxylation is 1. The molecule has 112 valence electrons. The van der Waals surface area contributed by atoms with Crippen molar-refractivity contribution in [1.82, 2.24) is 0 Å². The minimum absolute atomic E-state index is 0.176. The van der Waals surface area contributed by atoms with Crippen molar-refractivity contribution < 1.29 is 18.3 Å². The summed E-state index contributed by atoms with van der Waals surface area (Å²) in [6.07, 6.45) is -0.825. The van der Waals surface area contributed by atoms with Crippen molar-refractivity contribution in [3.05, 3.63) is 34.9 Å². The van der Waals surface area contributed by atoms with Crippen LogP contribution in [0.15, 0.2) is 18.2 Å². The zero-order valence-corrected chi connectivity index (χ0v) is 11.9. The molecule has 0 aliphatic heterocycles. The number of aliphatic hydroxyl groups is 1. The van der Waals surface area contributed by atoms with E-state index in [4.69, 9.17) is 0 Å². The van der Waals surface area contributed by atoms with E-state index in [2.05, 4.69) is 6.92 Å². The Kier molecular flexibility index (Phi) is 4.43. The fraction of sp³-hybridized carbons (Fsp3) is 0.625. The summed E-state index contributed by atoms with van der Waals surface area (Å²) < 4.78 is 37.9. The number of hydrogen-bond acceptors (Lipinski definition) is 1. The van der Waals surface area contributed by atoms with Gasteiger partial charge in [0.1, 0.15) is 0 Å². The van der Waals surface area contributed by atoms with Gasteiger partial charge in [-0.05, 0) is 54.9 Å². The van der Waals surface area contributed by atoms with E-state index in [0.717, 1.165) is 37.8 Å². The molecular formula is C16H21F3O. The van der Waals surface area contributed by atoms with Crippen molar-refractivity contribution in [3.63, 3.8) is 0 Å². The van der Waals surface area contributed by atoms with Gasteiger partial charge in [0.15, 0.2) is 0 Å². The molecule has 1 fully saturated rings. The predicted octanol–water partition coefficient (Wildman–Crippen LogP) is 4.87. The van der Waals surface area contributed by atoms with Crippen LogP contribution in [0.5, 0.6) is 0 Å². The lowest BCUT2D eigenvalue weighted by atomic mass is 9.90. The van der Waals surface area contributed by atoms with Gasteiger partial charge in [-0.15, -0.1) is 0 Å². The Hall–Kier alpha value is -1.03. The van der Waals surface area contributed by atoms with Crippen LogP contribution in [0.4, 0.5) is 13.2 Å². The first-order valence-corrected chi connectivity index (χ1v) is 7.18. The second-order valence-corrected chi connectivity index (χ2v) is 5.86. The molecule has 0 aromatic heterocycles. The van der Waals surface area contributed by atoms with E-state index in [1.54, 1.807) is 6.92 Å². The van der Waals surface area contributed by atoms with Gasteiger partial charge in [0, 0.05) is 0 Å². The first kappa shape index (κ1) is 15.4. The van der Waals surface area contributed by atoms with Crippen molar-refractivity contribution in [3.8, 4) is 0 Å². The Morgan fingerprint density at radius 1 is 1.30 bits per heavy atom. The van der Waals surface area contributed by atoms with Crippen molar-refractivity contribution in [2.45, 2.75) is 51.8 Å². The topological polar surface area (TPSA) is 20.2 Å². The quantitative estimate of drug-likeness (QED) is 0.840. The van der Waals surface area contributed by atoms with Crippen LogP contribution in [0, 0.1) is 18.8 Å². The maximum atomic E-state index is 12.6. The van der Waals surface area contributed by atoms with Gasteiger partial charge in [-0.3, -0.25) is 0 Å². The van der Waals surface area contributed by atoms with Gasteiger partial charge in [0.2, 0.25) is 0 Å². The van der Waals surface area contributed by atoms with Crippen LogP contribution in [0.2, 0.25) is 0 Å². The number of alkyl halides is 3. The highest BCUT2D eigenvalue weighted by molar-refractivity contribution is 5.34. The van der Waals surface area contributed by atoms with Crippen LogP contribution in [-0.4, -0.2) is 5.11 Å². The maximum Gasteiger partial charge on any atom is 0.416 e. The maximum absolute atomic E-state index is 12.6. The minimum Gasteiger partial charge on any atom is -0.388 e. The minimum atomic E-state index is -4.32. The molecule has 0 bridgehead atoms. The highest BCUT2D eigenvalue weighted by atomic mass is 19.4. The summed E-state index contributed by atoms with van der Waals surface area (Å²) >= 11 is 0. The molecule has 1 nitrogen and oxygen atoms in total. The van der Waals surface area contributed by atoms with Gasteiger partial charge in [0.05, 0.1) is 11.7 Å². The van der Waals surface area contributed by atoms with Gasteiger partial charge < -0.3 is 5.11 Å². The Labute approximate surface area is 117 Å². The van der Waals surface area contributed by atoms with E-state index >= 15 is 0 Å². The molecule has 4 heteroatoms. The highest BCUT2D eigenvalue weighted by Gasteiger charge is 2.33. The molecule has 1 aliphatic carbocycles. The van der Waals surface area contributed by atoms with E-state index in [0.29, 0.717) is 17.0 Å². The van der Waals surface area contributed by atoms with Gasteiger partial charge in [0.25, 0.3) is 0 Å². The first-order chi connectivity index (χ1) is 9.32. The molecule has 0 radical (unpaired) electrons. The summed E-state index contributed by atoms with van der Waals surface area (Å²) in [6, 6.07) is 3.63. The zero-order valence-electron chi connectivity index (χ0n) is 11.9. The molecule has 1 N–H and O–H groups in total. The van der Waals surface area contributed by atoms with E-state index in [-0.39, 0.29) is 5.92 Å². The monoisotopic (exact) mass is 286 g/mol. The standard InChI is InChI=1S/C16H21F3O/c1-3-11-4-5-12(9-11)15(20)14-7-6-13(8-10(14)2)16(17,18)19/h6-8,11-12,15,20H,3-5,9H2,1-2H3.